The van der Waals surface area contributed by atoms with E-state index in [0.717, 1.165) is 43.5 Å². The van der Waals surface area contributed by atoms with E-state index in [-0.39, 0.29) is 11.6 Å². The van der Waals surface area contributed by atoms with Gasteiger partial charge in [0.2, 0.25) is 0 Å². The first-order valence-corrected chi connectivity index (χ1v) is 10.8. The molecule has 0 saturated heterocycles. The first-order chi connectivity index (χ1) is 15.0. The summed E-state index contributed by atoms with van der Waals surface area (Å²) in [4.78, 5) is 8.98. The van der Waals surface area contributed by atoms with Gasteiger partial charge in [-0.25, -0.2) is 4.98 Å². The fourth-order valence-electron chi connectivity index (χ4n) is 4.08. The molecule has 6 heteroatoms. The van der Waals surface area contributed by atoms with Gasteiger partial charge in [-0.15, -0.1) is 0 Å². The molecule has 0 spiro atoms. The summed E-state index contributed by atoms with van der Waals surface area (Å²) in [5, 5.41) is 7.03. The van der Waals surface area contributed by atoms with Crippen LogP contribution in [0, 0.1) is 0 Å². The molecular formula is C25H31N5O. The molecular weight excluding hydrogens is 386 g/mol. The molecule has 6 nitrogen and oxygen atoms in total. The SMILES string of the molecule is CN=C(NCCc1nccn1Cc1ccccc1)NC1CC(C)(C)Oc2ccccc21. The third kappa shape index (κ3) is 5.26. The zero-order valence-electron chi connectivity index (χ0n) is 18.5. The molecule has 0 fully saturated rings. The average Bonchev–Trinajstić information content (AvgIpc) is 3.19. The Hall–Kier alpha value is -3.28. The van der Waals surface area contributed by atoms with Gasteiger partial charge < -0.3 is 19.9 Å². The van der Waals surface area contributed by atoms with Crippen molar-refractivity contribution in [1.29, 1.82) is 0 Å². The lowest BCUT2D eigenvalue weighted by Gasteiger charge is -2.38. The highest BCUT2D eigenvalue weighted by molar-refractivity contribution is 5.80. The average molecular weight is 418 g/mol. The molecule has 2 heterocycles. The largest absolute Gasteiger partial charge is 0.487 e. The fourth-order valence-corrected chi connectivity index (χ4v) is 4.08. The van der Waals surface area contributed by atoms with E-state index in [4.69, 9.17) is 4.74 Å². The summed E-state index contributed by atoms with van der Waals surface area (Å²) in [6.07, 6.45) is 5.59. The maximum absolute atomic E-state index is 6.15. The number of benzene rings is 2. The summed E-state index contributed by atoms with van der Waals surface area (Å²) in [6.45, 7) is 5.83. The number of guanidine groups is 1. The lowest BCUT2D eigenvalue weighted by molar-refractivity contribution is 0.0694. The molecule has 1 aliphatic heterocycles. The number of nitrogens with one attached hydrogen (secondary N) is 2. The first-order valence-electron chi connectivity index (χ1n) is 10.8. The molecule has 3 aromatic rings. The number of aromatic nitrogens is 2. The Balaban J connectivity index is 1.36. The van der Waals surface area contributed by atoms with E-state index < -0.39 is 0 Å². The van der Waals surface area contributed by atoms with Crippen LogP contribution in [0.3, 0.4) is 0 Å². The fraction of sp³-hybridized carbons (Fsp3) is 0.360. The Kier molecular flexibility index (Phi) is 6.26. The van der Waals surface area contributed by atoms with E-state index in [1.807, 2.05) is 37.6 Å². The molecule has 0 radical (unpaired) electrons. The number of ether oxygens (including phenoxy) is 1. The molecule has 0 bridgehead atoms. The quantitative estimate of drug-likeness (QED) is 0.471. The van der Waals surface area contributed by atoms with E-state index in [2.05, 4.69) is 75.4 Å². The van der Waals surface area contributed by atoms with E-state index >= 15 is 0 Å². The zero-order valence-corrected chi connectivity index (χ0v) is 18.5. The molecule has 1 aromatic heterocycles. The van der Waals surface area contributed by atoms with Crippen molar-refractivity contribution >= 4 is 5.96 Å². The van der Waals surface area contributed by atoms with Crippen LogP contribution < -0.4 is 15.4 Å². The van der Waals surface area contributed by atoms with E-state index in [1.54, 1.807) is 0 Å². The Labute approximate surface area is 184 Å². The van der Waals surface area contributed by atoms with Gasteiger partial charge in [0, 0.05) is 50.9 Å². The summed E-state index contributed by atoms with van der Waals surface area (Å²) in [5.74, 6) is 2.79. The van der Waals surface area contributed by atoms with Gasteiger partial charge in [-0.2, -0.15) is 0 Å². The monoisotopic (exact) mass is 417 g/mol. The Morgan fingerprint density at radius 2 is 1.94 bits per heavy atom. The molecule has 0 amide bonds. The van der Waals surface area contributed by atoms with Gasteiger partial charge in [0.1, 0.15) is 17.2 Å². The van der Waals surface area contributed by atoms with Crippen molar-refractivity contribution in [2.24, 2.45) is 4.99 Å². The van der Waals surface area contributed by atoms with Crippen molar-refractivity contribution in [3.63, 3.8) is 0 Å². The number of fused-ring (bicyclic) bond motifs is 1. The first kappa shape index (κ1) is 21.0. The lowest BCUT2D eigenvalue weighted by atomic mass is 9.90. The van der Waals surface area contributed by atoms with Crippen LogP contribution in [0.2, 0.25) is 0 Å². The van der Waals surface area contributed by atoms with Gasteiger partial charge in [0.05, 0.1) is 6.04 Å². The van der Waals surface area contributed by atoms with Gasteiger partial charge in [-0.3, -0.25) is 4.99 Å². The molecule has 1 unspecified atom stereocenters. The smallest absolute Gasteiger partial charge is 0.191 e. The number of rotatable bonds is 6. The summed E-state index contributed by atoms with van der Waals surface area (Å²) in [5.41, 5.74) is 2.21. The second kappa shape index (κ2) is 9.25. The molecule has 31 heavy (non-hydrogen) atoms. The highest BCUT2D eigenvalue weighted by Crippen LogP contribution is 2.39. The number of hydrogen-bond acceptors (Lipinski definition) is 3. The van der Waals surface area contributed by atoms with Gasteiger partial charge >= 0.3 is 0 Å². The van der Waals surface area contributed by atoms with Crippen LogP contribution in [0.25, 0.3) is 0 Å². The minimum Gasteiger partial charge on any atom is -0.487 e. The maximum atomic E-state index is 6.15. The molecule has 0 saturated carbocycles. The normalized spacial score (nSPS) is 17.5. The van der Waals surface area contributed by atoms with Crippen molar-refractivity contribution in [3.05, 3.63) is 83.9 Å². The maximum Gasteiger partial charge on any atom is 0.191 e. The van der Waals surface area contributed by atoms with Crippen molar-refractivity contribution in [1.82, 2.24) is 20.2 Å². The number of aliphatic imine (C=N–C) groups is 1. The molecule has 162 valence electrons. The minimum atomic E-state index is -0.229. The number of hydrogen-bond donors (Lipinski definition) is 2. The van der Waals surface area contributed by atoms with E-state index in [0.29, 0.717) is 0 Å². The van der Waals surface area contributed by atoms with Gasteiger partial charge in [-0.05, 0) is 25.5 Å². The second-order valence-electron chi connectivity index (χ2n) is 8.51. The van der Waals surface area contributed by atoms with Crippen molar-refractivity contribution in [2.75, 3.05) is 13.6 Å². The Morgan fingerprint density at radius 3 is 2.74 bits per heavy atom. The molecule has 0 aliphatic carbocycles. The van der Waals surface area contributed by atoms with Crippen LogP contribution in [0.4, 0.5) is 0 Å². The summed E-state index contributed by atoms with van der Waals surface area (Å²) in [7, 11) is 1.81. The van der Waals surface area contributed by atoms with Gasteiger partial charge in [-0.1, -0.05) is 48.5 Å². The predicted molar refractivity (Wildman–Crippen MR) is 124 cm³/mol. The molecule has 2 aromatic carbocycles. The lowest BCUT2D eigenvalue weighted by Crippen LogP contribution is -2.45. The summed E-state index contributed by atoms with van der Waals surface area (Å²) >= 11 is 0. The summed E-state index contributed by atoms with van der Waals surface area (Å²) in [6, 6.07) is 18.8. The Bertz CT molecular complexity index is 1030. The van der Waals surface area contributed by atoms with Crippen LogP contribution in [0.15, 0.2) is 72.0 Å². The van der Waals surface area contributed by atoms with Crippen LogP contribution in [-0.2, 0) is 13.0 Å². The third-order valence-corrected chi connectivity index (χ3v) is 5.55. The van der Waals surface area contributed by atoms with Crippen LogP contribution in [-0.4, -0.2) is 34.7 Å². The zero-order chi connectivity index (χ0) is 21.7. The van der Waals surface area contributed by atoms with Gasteiger partial charge in [0.15, 0.2) is 5.96 Å². The predicted octanol–water partition coefficient (Wildman–Crippen LogP) is 3.94. The Morgan fingerprint density at radius 1 is 1.16 bits per heavy atom. The van der Waals surface area contributed by atoms with Crippen LogP contribution in [0.1, 0.15) is 43.3 Å². The minimum absolute atomic E-state index is 0.145. The van der Waals surface area contributed by atoms with Gasteiger partial charge in [0.25, 0.3) is 0 Å². The standard InChI is InChI=1S/C25H31N5O/c1-25(2)17-21(20-11-7-8-12-22(20)31-25)29-24(26-3)28-14-13-23-27-15-16-30(23)18-19-9-5-4-6-10-19/h4-12,15-16,21H,13-14,17-18H2,1-3H3,(H2,26,28,29). The van der Waals surface area contributed by atoms with E-state index in [1.165, 1.54) is 11.1 Å². The molecule has 2 N–H and O–H groups in total. The molecule has 4 rings (SSSR count). The van der Waals surface area contributed by atoms with Crippen molar-refractivity contribution < 1.29 is 4.74 Å². The topological polar surface area (TPSA) is 63.5 Å². The van der Waals surface area contributed by atoms with Crippen LogP contribution in [0.5, 0.6) is 5.75 Å². The molecule has 1 atom stereocenters. The number of para-hydroxylation sites is 1. The van der Waals surface area contributed by atoms with Crippen molar-refractivity contribution in [3.8, 4) is 5.75 Å². The highest BCUT2D eigenvalue weighted by atomic mass is 16.5. The summed E-state index contributed by atoms with van der Waals surface area (Å²) < 4.78 is 8.34. The number of imidazole rings is 1. The van der Waals surface area contributed by atoms with Crippen LogP contribution >= 0.6 is 0 Å². The number of nitrogens with zero attached hydrogens (tertiary/aromatic N) is 3. The highest BCUT2D eigenvalue weighted by Gasteiger charge is 2.33. The third-order valence-electron chi connectivity index (χ3n) is 5.55. The van der Waals surface area contributed by atoms with Crippen molar-refractivity contribution in [2.45, 2.75) is 44.9 Å². The van der Waals surface area contributed by atoms with E-state index in [9.17, 15) is 0 Å². The second-order valence-corrected chi connectivity index (χ2v) is 8.51. The molecule has 1 aliphatic rings.